The maximum absolute atomic E-state index is 4.33. The van der Waals surface area contributed by atoms with Crippen LogP contribution in [0.5, 0.6) is 0 Å². The van der Waals surface area contributed by atoms with Gasteiger partial charge in [0.2, 0.25) is 0 Å². The maximum atomic E-state index is 4.33. The lowest BCUT2D eigenvalue weighted by Gasteiger charge is -2.02. The van der Waals surface area contributed by atoms with Crippen molar-refractivity contribution in [1.29, 1.82) is 0 Å². The van der Waals surface area contributed by atoms with Crippen LogP contribution >= 0.6 is 31.9 Å². The molecule has 0 N–H and O–H groups in total. The van der Waals surface area contributed by atoms with E-state index in [4.69, 9.17) is 0 Å². The summed E-state index contributed by atoms with van der Waals surface area (Å²) in [5, 5.41) is 10.2. The fourth-order valence-electron chi connectivity index (χ4n) is 1.55. The molecule has 18 heavy (non-hydrogen) atoms. The van der Waals surface area contributed by atoms with Crippen molar-refractivity contribution in [1.82, 2.24) is 0 Å². The molecule has 0 spiro atoms. The van der Waals surface area contributed by atoms with Crippen molar-refractivity contribution < 1.29 is 0 Å². The first kappa shape index (κ1) is 13.4. The molecule has 0 saturated carbocycles. The molecule has 2 aromatic rings. The Morgan fingerprint density at radius 1 is 0.667 bits per heavy atom. The van der Waals surface area contributed by atoms with E-state index in [1.807, 2.05) is 48.5 Å². The van der Waals surface area contributed by atoms with Gasteiger partial charge in [-0.25, -0.2) is 0 Å². The molecule has 0 fully saturated rings. The van der Waals surface area contributed by atoms with Gasteiger partial charge >= 0.3 is 0 Å². The molecule has 2 rings (SSSR count). The highest BCUT2D eigenvalue weighted by atomic mass is 79.9. The number of alkyl halides is 2. The number of nitrogens with zero attached hydrogens (tertiary/aromatic N) is 2. The van der Waals surface area contributed by atoms with Gasteiger partial charge in [-0.1, -0.05) is 68.3 Å². The average molecular weight is 368 g/mol. The quantitative estimate of drug-likeness (QED) is 0.475. The fourth-order valence-corrected chi connectivity index (χ4v) is 2.50. The minimum Gasteiger partial charge on any atom is -0.150 e. The molecule has 0 amide bonds. The Labute approximate surface area is 123 Å². The van der Waals surface area contributed by atoms with Crippen molar-refractivity contribution in [3.8, 4) is 0 Å². The molecular formula is C14H12Br2N2. The van der Waals surface area contributed by atoms with Gasteiger partial charge in [0.15, 0.2) is 0 Å². The summed E-state index contributed by atoms with van der Waals surface area (Å²) in [6.07, 6.45) is 0. The summed E-state index contributed by atoms with van der Waals surface area (Å²) < 4.78 is 0. The van der Waals surface area contributed by atoms with E-state index in [0.717, 1.165) is 33.2 Å². The monoisotopic (exact) mass is 366 g/mol. The normalized spacial score (nSPS) is 11.0. The van der Waals surface area contributed by atoms with Crippen LogP contribution in [0.4, 0.5) is 11.4 Å². The number of benzene rings is 2. The molecule has 2 aromatic carbocycles. The van der Waals surface area contributed by atoms with Crippen LogP contribution < -0.4 is 0 Å². The Morgan fingerprint density at radius 2 is 1.06 bits per heavy atom. The molecular weight excluding hydrogens is 356 g/mol. The van der Waals surface area contributed by atoms with E-state index in [1.54, 1.807) is 0 Å². The van der Waals surface area contributed by atoms with E-state index in [0.29, 0.717) is 0 Å². The fraction of sp³-hybridized carbons (Fsp3) is 0.143. The first-order valence-electron chi connectivity index (χ1n) is 5.54. The van der Waals surface area contributed by atoms with Crippen molar-refractivity contribution in [2.45, 2.75) is 10.7 Å². The molecule has 0 aliphatic carbocycles. The maximum Gasteiger partial charge on any atom is 0.0897 e. The average Bonchev–Trinajstić information content (AvgIpc) is 2.45. The zero-order valence-electron chi connectivity index (χ0n) is 9.68. The third-order valence-electron chi connectivity index (χ3n) is 2.54. The second-order valence-electron chi connectivity index (χ2n) is 3.72. The lowest BCUT2D eigenvalue weighted by Crippen LogP contribution is -1.78. The summed E-state index contributed by atoms with van der Waals surface area (Å²) in [5.41, 5.74) is 4.08. The van der Waals surface area contributed by atoms with Gasteiger partial charge in [-0.05, 0) is 23.3 Å². The van der Waals surface area contributed by atoms with Gasteiger partial charge in [0, 0.05) is 10.7 Å². The number of hydrogen-bond acceptors (Lipinski definition) is 2. The van der Waals surface area contributed by atoms with Crippen LogP contribution in [-0.2, 0) is 10.7 Å². The SMILES string of the molecule is BrCc1ccccc1/N=N/c1ccccc1CBr. The number of hydrogen-bond donors (Lipinski definition) is 0. The van der Waals surface area contributed by atoms with E-state index < -0.39 is 0 Å². The lowest BCUT2D eigenvalue weighted by molar-refractivity contribution is 1.19. The highest BCUT2D eigenvalue weighted by Crippen LogP contribution is 2.26. The number of halogens is 2. The predicted octanol–water partition coefficient (Wildman–Crippen LogP) is 5.89. The summed E-state index contributed by atoms with van der Waals surface area (Å²) in [7, 11) is 0. The minimum atomic E-state index is 0.780. The summed E-state index contributed by atoms with van der Waals surface area (Å²) in [6.45, 7) is 0. The summed E-state index contributed by atoms with van der Waals surface area (Å²) in [5.74, 6) is 0. The second-order valence-corrected chi connectivity index (χ2v) is 4.85. The van der Waals surface area contributed by atoms with Gasteiger partial charge in [0.05, 0.1) is 11.4 Å². The molecule has 2 nitrogen and oxygen atoms in total. The lowest BCUT2D eigenvalue weighted by atomic mass is 10.2. The van der Waals surface area contributed by atoms with Crippen LogP contribution in [0.3, 0.4) is 0 Å². The highest BCUT2D eigenvalue weighted by Gasteiger charge is 2.00. The van der Waals surface area contributed by atoms with Gasteiger partial charge in [0.1, 0.15) is 0 Å². The van der Waals surface area contributed by atoms with Crippen LogP contribution in [0.25, 0.3) is 0 Å². The van der Waals surface area contributed by atoms with Crippen LogP contribution in [0, 0.1) is 0 Å². The topological polar surface area (TPSA) is 24.7 Å². The molecule has 0 unspecified atom stereocenters. The Hall–Kier alpha value is -1.000. The van der Waals surface area contributed by atoms with Crippen molar-refractivity contribution in [2.24, 2.45) is 10.2 Å². The van der Waals surface area contributed by atoms with Crippen LogP contribution in [0.15, 0.2) is 58.8 Å². The summed E-state index contributed by atoms with van der Waals surface area (Å²) >= 11 is 6.91. The molecule has 4 heteroatoms. The highest BCUT2D eigenvalue weighted by molar-refractivity contribution is 9.08. The van der Waals surface area contributed by atoms with Gasteiger partial charge in [0.25, 0.3) is 0 Å². The van der Waals surface area contributed by atoms with Crippen molar-refractivity contribution >= 4 is 43.2 Å². The van der Waals surface area contributed by atoms with Gasteiger partial charge in [-0.15, -0.1) is 0 Å². The molecule has 0 radical (unpaired) electrons. The van der Waals surface area contributed by atoms with E-state index in [9.17, 15) is 0 Å². The van der Waals surface area contributed by atoms with E-state index in [2.05, 4.69) is 42.1 Å². The molecule has 0 aliphatic rings. The summed E-state index contributed by atoms with van der Waals surface area (Å²) in [6, 6.07) is 16.0. The van der Waals surface area contributed by atoms with Crippen LogP contribution in [0.2, 0.25) is 0 Å². The van der Waals surface area contributed by atoms with Crippen LogP contribution in [-0.4, -0.2) is 0 Å². The molecule has 0 saturated heterocycles. The minimum absolute atomic E-state index is 0.780. The second kappa shape index (κ2) is 6.81. The van der Waals surface area contributed by atoms with Crippen molar-refractivity contribution in [3.63, 3.8) is 0 Å². The Morgan fingerprint density at radius 3 is 1.44 bits per heavy atom. The van der Waals surface area contributed by atoms with E-state index in [1.165, 1.54) is 0 Å². The van der Waals surface area contributed by atoms with Crippen molar-refractivity contribution in [3.05, 3.63) is 59.7 Å². The smallest absolute Gasteiger partial charge is 0.0897 e. The molecule has 92 valence electrons. The predicted molar refractivity (Wildman–Crippen MR) is 82.3 cm³/mol. The Bertz CT molecular complexity index is 503. The molecule has 0 bridgehead atoms. The Balaban J connectivity index is 2.30. The first-order valence-corrected chi connectivity index (χ1v) is 7.79. The number of rotatable bonds is 4. The third kappa shape index (κ3) is 3.27. The third-order valence-corrected chi connectivity index (χ3v) is 3.74. The zero-order valence-corrected chi connectivity index (χ0v) is 12.9. The first-order chi connectivity index (χ1) is 8.85. The van der Waals surface area contributed by atoms with Crippen molar-refractivity contribution in [2.75, 3.05) is 0 Å². The van der Waals surface area contributed by atoms with E-state index >= 15 is 0 Å². The van der Waals surface area contributed by atoms with Crippen LogP contribution in [0.1, 0.15) is 11.1 Å². The molecule has 0 aromatic heterocycles. The van der Waals surface area contributed by atoms with Gasteiger partial charge in [-0.2, -0.15) is 10.2 Å². The Kier molecular flexibility index (Phi) is 5.08. The molecule has 0 atom stereocenters. The standard InChI is InChI=1S/C14H12Br2N2/c15-9-11-5-1-3-7-13(11)17-18-14-8-4-2-6-12(14)10-16/h1-8H,9-10H2/b18-17+. The number of azo groups is 1. The largest absolute Gasteiger partial charge is 0.150 e. The molecule has 0 heterocycles. The van der Waals surface area contributed by atoms with E-state index in [-0.39, 0.29) is 0 Å². The molecule has 0 aliphatic heterocycles. The summed E-state index contributed by atoms with van der Waals surface area (Å²) in [4.78, 5) is 0. The zero-order chi connectivity index (χ0) is 12.8. The van der Waals surface area contributed by atoms with Gasteiger partial charge < -0.3 is 0 Å². The van der Waals surface area contributed by atoms with Gasteiger partial charge in [-0.3, -0.25) is 0 Å².